The van der Waals surface area contributed by atoms with Crippen molar-refractivity contribution in [2.45, 2.75) is 85.3 Å². The van der Waals surface area contributed by atoms with Gasteiger partial charge in [0.2, 0.25) is 5.95 Å². The number of thioether (sulfide) groups is 1. The Kier molecular flexibility index (Phi) is 23.6. The lowest BCUT2D eigenvalue weighted by Gasteiger charge is -2.21. The summed E-state index contributed by atoms with van der Waals surface area (Å²) in [6.07, 6.45) is 15.7. The van der Waals surface area contributed by atoms with Crippen molar-refractivity contribution in [1.29, 1.82) is 0 Å². The molecule has 7 rings (SSSR count). The standard InChI is InChI=1S/C15H19N7S.C15H23N5O2.C10H15N5.C9H20N2O2/c1-11(8-17-15-18-9-12(23-2)10-19-15)7-16-13-4-6-22-14(21-13)3-5-20-22;1-11(10-17-14(21)22-15(2,3)4)9-16-12-6-8-20-13(19-12)5-7-18-20;1-8(6-11)7-12-9-3-5-15-10(14-9)2-4-13-15;1-7(5-10)6-11-8(12)13-9(2,3)4/h3-6,9-11H,7-8H2,1-2H3,(H,16,21)(H,17,18,19);5-8,11H,9-10H2,1-4H3,(H,16,19)(H,17,21);2-5,8H,6-7,11H2,1H3,(H,12,14);7H,5-6,10H2,1-4H3,(H,11,12). The van der Waals surface area contributed by atoms with Crippen molar-refractivity contribution in [3.8, 4) is 0 Å². The Bertz CT molecular complexity index is 2680. The van der Waals surface area contributed by atoms with Crippen LogP contribution in [0.5, 0.6) is 0 Å². The molecule has 0 bridgehead atoms. The van der Waals surface area contributed by atoms with Crippen molar-refractivity contribution in [3.63, 3.8) is 0 Å². The van der Waals surface area contributed by atoms with E-state index in [0.29, 0.717) is 50.5 Å². The van der Waals surface area contributed by atoms with Crippen molar-refractivity contribution in [1.82, 2.24) is 64.4 Å². The lowest BCUT2D eigenvalue weighted by atomic mass is 10.2. The van der Waals surface area contributed by atoms with Crippen molar-refractivity contribution in [2.24, 2.45) is 35.1 Å². The number of amides is 2. The number of nitrogens with two attached hydrogens (primary N) is 2. The molecule has 2 amide bonds. The summed E-state index contributed by atoms with van der Waals surface area (Å²) in [6.45, 7) is 24.8. The number of nitrogens with zero attached hydrogens (tertiary/aromatic N) is 11. The molecule has 0 saturated heterocycles. The highest BCUT2D eigenvalue weighted by Gasteiger charge is 2.17. The molecular weight excluding hydrogens is 951 g/mol. The fourth-order valence-electron chi connectivity index (χ4n) is 5.80. The Labute approximate surface area is 432 Å². The minimum Gasteiger partial charge on any atom is -0.444 e. The van der Waals surface area contributed by atoms with Gasteiger partial charge in [0.25, 0.3) is 0 Å². The van der Waals surface area contributed by atoms with Crippen LogP contribution in [0.1, 0.15) is 69.2 Å². The van der Waals surface area contributed by atoms with E-state index in [9.17, 15) is 9.59 Å². The van der Waals surface area contributed by atoms with E-state index in [1.807, 2.05) is 129 Å². The Morgan fingerprint density at radius 2 is 0.890 bits per heavy atom. The number of alkyl carbamates (subject to hydrolysis) is 2. The van der Waals surface area contributed by atoms with Crippen LogP contribution in [0.15, 0.2) is 90.9 Å². The second-order valence-electron chi connectivity index (χ2n) is 19.5. The minimum atomic E-state index is -0.476. The first-order valence-corrected chi connectivity index (χ1v) is 25.5. The molecule has 10 N–H and O–H groups in total. The van der Waals surface area contributed by atoms with Crippen LogP contribution >= 0.6 is 11.8 Å². The van der Waals surface area contributed by atoms with Gasteiger partial charge in [0.05, 0.1) is 18.6 Å². The van der Waals surface area contributed by atoms with E-state index in [1.165, 1.54) is 0 Å². The molecule has 7 aromatic rings. The Balaban J connectivity index is 0.000000217. The van der Waals surface area contributed by atoms with Gasteiger partial charge in [-0.3, -0.25) is 0 Å². The van der Waals surface area contributed by atoms with Crippen LogP contribution in [0.2, 0.25) is 0 Å². The molecule has 7 aromatic heterocycles. The molecule has 0 aromatic carbocycles. The molecular formula is C49H77N19O4S. The number of hydrogen-bond donors (Lipinski definition) is 8. The zero-order valence-electron chi connectivity index (χ0n) is 44.2. The van der Waals surface area contributed by atoms with Crippen molar-refractivity contribution < 1.29 is 19.1 Å². The largest absolute Gasteiger partial charge is 0.444 e. The van der Waals surface area contributed by atoms with Gasteiger partial charge in [0.1, 0.15) is 28.7 Å². The van der Waals surface area contributed by atoms with Crippen LogP contribution in [0, 0.1) is 23.7 Å². The normalized spacial score (nSPS) is 12.8. The van der Waals surface area contributed by atoms with Crippen LogP contribution in [0.25, 0.3) is 16.9 Å². The maximum atomic E-state index is 11.6. The molecule has 73 heavy (non-hydrogen) atoms. The van der Waals surface area contributed by atoms with Gasteiger partial charge >= 0.3 is 12.2 Å². The number of aromatic nitrogens is 11. The van der Waals surface area contributed by atoms with Crippen molar-refractivity contribution in [2.75, 3.05) is 79.9 Å². The van der Waals surface area contributed by atoms with Crippen LogP contribution in [-0.2, 0) is 9.47 Å². The highest BCUT2D eigenvalue weighted by atomic mass is 32.2. The highest BCUT2D eigenvalue weighted by molar-refractivity contribution is 7.98. The number of carbonyl (C=O) groups excluding carboxylic acids is 2. The van der Waals surface area contributed by atoms with Crippen LogP contribution < -0.4 is 43.4 Å². The molecule has 4 unspecified atom stereocenters. The molecule has 0 aliphatic heterocycles. The lowest BCUT2D eigenvalue weighted by Crippen LogP contribution is -2.36. The fourth-order valence-corrected chi connectivity index (χ4v) is 6.12. The van der Waals surface area contributed by atoms with E-state index in [4.69, 9.17) is 20.9 Å². The highest BCUT2D eigenvalue weighted by Crippen LogP contribution is 2.14. The fraction of sp³-hybridized carbons (Fsp3) is 0.510. The van der Waals surface area contributed by atoms with Gasteiger partial charge < -0.3 is 52.8 Å². The molecule has 7 heterocycles. The van der Waals surface area contributed by atoms with E-state index in [1.54, 1.807) is 43.9 Å². The Hall–Kier alpha value is -7.05. The summed E-state index contributed by atoms with van der Waals surface area (Å²) in [5, 5.41) is 30.8. The van der Waals surface area contributed by atoms with Gasteiger partial charge in [-0.15, -0.1) is 11.8 Å². The summed E-state index contributed by atoms with van der Waals surface area (Å²) in [7, 11) is 0. The lowest BCUT2D eigenvalue weighted by molar-refractivity contribution is 0.0510. The van der Waals surface area contributed by atoms with Crippen LogP contribution in [0.3, 0.4) is 0 Å². The summed E-state index contributed by atoms with van der Waals surface area (Å²) in [5.41, 5.74) is 12.5. The van der Waals surface area contributed by atoms with Gasteiger partial charge in [0, 0.05) is 93.3 Å². The zero-order chi connectivity index (χ0) is 53.4. The topological polar surface area (TPSA) is 293 Å². The van der Waals surface area contributed by atoms with E-state index in [0.717, 1.165) is 58.9 Å². The Morgan fingerprint density at radius 1 is 0.548 bits per heavy atom. The summed E-state index contributed by atoms with van der Waals surface area (Å²) in [6, 6.07) is 11.3. The van der Waals surface area contributed by atoms with Gasteiger partial charge in [0.15, 0.2) is 16.9 Å². The number of carbonyl (C=O) groups is 2. The monoisotopic (exact) mass is 1030 g/mol. The number of fused-ring (bicyclic) bond motifs is 3. The van der Waals surface area contributed by atoms with Crippen LogP contribution in [-0.4, -0.2) is 136 Å². The quantitative estimate of drug-likeness (QED) is 0.0399. The molecule has 4 atom stereocenters. The predicted octanol–water partition coefficient (Wildman–Crippen LogP) is 6.55. The maximum absolute atomic E-state index is 11.6. The molecule has 0 aliphatic rings. The van der Waals surface area contributed by atoms with Gasteiger partial charge in [-0.2, -0.15) is 15.3 Å². The third kappa shape index (κ3) is 22.9. The first-order valence-electron chi connectivity index (χ1n) is 24.3. The molecule has 24 heteroatoms. The number of nitrogens with one attached hydrogen (secondary N) is 6. The molecule has 0 radical (unpaired) electrons. The van der Waals surface area contributed by atoms with E-state index >= 15 is 0 Å². The Morgan fingerprint density at radius 3 is 1.26 bits per heavy atom. The van der Waals surface area contributed by atoms with Gasteiger partial charge in [-0.05, 0) is 103 Å². The summed E-state index contributed by atoms with van der Waals surface area (Å²) < 4.78 is 15.4. The maximum Gasteiger partial charge on any atom is 0.407 e. The van der Waals surface area contributed by atoms with Gasteiger partial charge in [-0.25, -0.2) is 48.1 Å². The summed E-state index contributed by atoms with van der Waals surface area (Å²) in [5.74, 6) is 4.55. The van der Waals surface area contributed by atoms with Gasteiger partial charge in [-0.1, -0.05) is 27.7 Å². The average molecular weight is 1030 g/mol. The number of hydrogen-bond acceptors (Lipinski definition) is 19. The van der Waals surface area contributed by atoms with Crippen molar-refractivity contribution in [3.05, 3.63) is 86.0 Å². The molecule has 0 aliphatic carbocycles. The third-order valence-corrected chi connectivity index (χ3v) is 10.6. The van der Waals surface area contributed by atoms with E-state index < -0.39 is 17.3 Å². The summed E-state index contributed by atoms with van der Waals surface area (Å²) >= 11 is 1.63. The molecule has 0 spiro atoms. The number of ether oxygens (including phenoxy) is 2. The first kappa shape index (κ1) is 58.5. The second kappa shape index (κ2) is 29.5. The minimum absolute atomic E-state index is 0.246. The number of anilines is 4. The average Bonchev–Trinajstić information content (AvgIpc) is 4.16. The molecule has 0 saturated carbocycles. The molecule has 0 fully saturated rings. The second-order valence-corrected chi connectivity index (χ2v) is 20.3. The van der Waals surface area contributed by atoms with Crippen LogP contribution in [0.4, 0.5) is 33.0 Å². The summed E-state index contributed by atoms with van der Waals surface area (Å²) in [4.78, 5) is 45.6. The van der Waals surface area contributed by atoms with E-state index in [2.05, 4.69) is 86.0 Å². The SMILES string of the molecule is CC(CN)CNC(=O)OC(C)(C)C.CC(CN)CNc1ccn2nccc2n1.CC(CNC(=O)OC(C)(C)C)CNc1ccn2nccc2n1.CSc1cnc(NCC(C)CNc2ccn3nccc3n2)nc1. The van der Waals surface area contributed by atoms with Crippen molar-refractivity contribution >= 4 is 64.3 Å². The molecule has 398 valence electrons. The first-order chi connectivity index (χ1) is 34.7. The number of rotatable bonds is 19. The van der Waals surface area contributed by atoms with E-state index in [-0.39, 0.29) is 17.9 Å². The zero-order valence-corrected chi connectivity index (χ0v) is 45.0. The third-order valence-electron chi connectivity index (χ3n) is 9.93. The molecule has 23 nitrogen and oxygen atoms in total. The predicted molar refractivity (Wildman–Crippen MR) is 290 cm³/mol. The smallest absolute Gasteiger partial charge is 0.407 e.